The predicted octanol–water partition coefficient (Wildman–Crippen LogP) is 3.64. The van der Waals surface area contributed by atoms with Crippen LogP contribution >= 0.6 is 12.2 Å². The van der Waals surface area contributed by atoms with Crippen LogP contribution in [-0.4, -0.2) is 31.3 Å². The van der Waals surface area contributed by atoms with Gasteiger partial charge < -0.3 is 14.8 Å². The zero-order chi connectivity index (χ0) is 19.8. The number of hydrogen-bond acceptors (Lipinski definition) is 4. The molecule has 0 radical (unpaired) electrons. The molecule has 2 N–H and O–H groups in total. The Morgan fingerprint density at radius 2 is 1.78 bits per heavy atom. The smallest absolute Gasteiger partial charge is 0.257 e. The van der Waals surface area contributed by atoms with Gasteiger partial charge in [-0.05, 0) is 67.4 Å². The van der Waals surface area contributed by atoms with Crippen molar-refractivity contribution in [1.29, 1.82) is 0 Å². The topological polar surface area (TPSA) is 59.6 Å². The van der Waals surface area contributed by atoms with E-state index in [2.05, 4.69) is 17.6 Å². The van der Waals surface area contributed by atoms with Crippen LogP contribution in [0.3, 0.4) is 0 Å². The molecule has 2 aromatic carbocycles. The van der Waals surface area contributed by atoms with Crippen molar-refractivity contribution in [2.75, 3.05) is 14.2 Å². The van der Waals surface area contributed by atoms with Gasteiger partial charge in [0, 0.05) is 11.6 Å². The van der Waals surface area contributed by atoms with Crippen molar-refractivity contribution in [1.82, 2.24) is 10.6 Å². The van der Waals surface area contributed by atoms with E-state index in [0.717, 1.165) is 29.0 Å². The first-order valence-corrected chi connectivity index (χ1v) is 9.27. The van der Waals surface area contributed by atoms with Crippen molar-refractivity contribution in [2.24, 2.45) is 0 Å². The highest BCUT2D eigenvalue weighted by Crippen LogP contribution is 2.29. The summed E-state index contributed by atoms with van der Waals surface area (Å²) in [6.45, 7) is 4.05. The van der Waals surface area contributed by atoms with E-state index in [-0.39, 0.29) is 11.9 Å². The maximum Gasteiger partial charge on any atom is 0.257 e. The molecule has 1 amide bonds. The van der Waals surface area contributed by atoms with E-state index in [1.165, 1.54) is 0 Å². The minimum absolute atomic E-state index is 0.0508. The van der Waals surface area contributed by atoms with Gasteiger partial charge in [0.25, 0.3) is 5.91 Å². The van der Waals surface area contributed by atoms with Crippen molar-refractivity contribution in [2.45, 2.75) is 32.7 Å². The zero-order valence-corrected chi connectivity index (χ0v) is 17.0. The highest BCUT2D eigenvalue weighted by molar-refractivity contribution is 7.80. The van der Waals surface area contributed by atoms with E-state index >= 15 is 0 Å². The average molecular weight is 387 g/mol. The second-order valence-electron chi connectivity index (χ2n) is 6.24. The van der Waals surface area contributed by atoms with Crippen LogP contribution in [-0.2, 0) is 6.42 Å². The van der Waals surface area contributed by atoms with Crippen LogP contribution in [0.1, 0.15) is 34.8 Å². The molecule has 0 heterocycles. The van der Waals surface area contributed by atoms with Gasteiger partial charge in [0.15, 0.2) is 5.11 Å². The van der Waals surface area contributed by atoms with Crippen LogP contribution in [0.15, 0.2) is 42.5 Å². The van der Waals surface area contributed by atoms with Crippen molar-refractivity contribution >= 4 is 23.2 Å². The fraction of sp³-hybridized carbons (Fsp3) is 0.333. The molecular formula is C21H26N2O3S. The molecule has 0 saturated carbocycles. The van der Waals surface area contributed by atoms with E-state index < -0.39 is 0 Å². The number of benzene rings is 2. The molecule has 2 aromatic rings. The Morgan fingerprint density at radius 3 is 2.37 bits per heavy atom. The van der Waals surface area contributed by atoms with E-state index in [9.17, 15) is 4.79 Å². The maximum atomic E-state index is 12.2. The van der Waals surface area contributed by atoms with Gasteiger partial charge in [-0.25, -0.2) is 0 Å². The lowest BCUT2D eigenvalue weighted by molar-refractivity contribution is 0.0976. The average Bonchev–Trinajstić information content (AvgIpc) is 2.68. The van der Waals surface area contributed by atoms with Gasteiger partial charge in [0.2, 0.25) is 0 Å². The van der Waals surface area contributed by atoms with E-state index in [0.29, 0.717) is 17.1 Å². The van der Waals surface area contributed by atoms with Crippen molar-refractivity contribution < 1.29 is 14.3 Å². The highest BCUT2D eigenvalue weighted by Gasteiger charge is 2.16. The Bertz CT molecular complexity index is 794. The molecule has 0 bridgehead atoms. The Hall–Kier alpha value is -2.60. The van der Waals surface area contributed by atoms with Crippen LogP contribution in [0.5, 0.6) is 11.5 Å². The summed E-state index contributed by atoms with van der Waals surface area (Å²) in [6.07, 6.45) is 1.53. The second kappa shape index (κ2) is 9.92. The predicted molar refractivity (Wildman–Crippen MR) is 112 cm³/mol. The summed E-state index contributed by atoms with van der Waals surface area (Å²) in [4.78, 5) is 12.2. The molecule has 0 saturated heterocycles. The Morgan fingerprint density at radius 1 is 1.11 bits per heavy atom. The number of amides is 1. The number of aryl methyl sites for hydroxylation is 1. The fourth-order valence-electron chi connectivity index (χ4n) is 2.82. The monoisotopic (exact) mass is 386 g/mol. The van der Waals surface area contributed by atoms with Gasteiger partial charge in [0.05, 0.1) is 14.2 Å². The number of hydrogen-bond donors (Lipinski definition) is 2. The van der Waals surface area contributed by atoms with Gasteiger partial charge >= 0.3 is 0 Å². The highest BCUT2D eigenvalue weighted by atomic mass is 32.1. The van der Waals surface area contributed by atoms with E-state index in [1.54, 1.807) is 26.4 Å². The lowest BCUT2D eigenvalue weighted by Gasteiger charge is -2.21. The van der Waals surface area contributed by atoms with Gasteiger partial charge in [0.1, 0.15) is 11.5 Å². The van der Waals surface area contributed by atoms with Crippen LogP contribution in [0.4, 0.5) is 0 Å². The van der Waals surface area contributed by atoms with Crippen molar-refractivity contribution in [3.05, 3.63) is 59.2 Å². The number of rotatable bonds is 7. The third-order valence-corrected chi connectivity index (χ3v) is 4.58. The molecule has 0 spiro atoms. The number of ether oxygens (including phenoxy) is 2. The lowest BCUT2D eigenvalue weighted by Crippen LogP contribution is -2.45. The third-order valence-electron chi connectivity index (χ3n) is 4.36. The largest absolute Gasteiger partial charge is 0.496 e. The first-order valence-electron chi connectivity index (χ1n) is 8.86. The standard InChI is InChI=1S/C21H26N2O3S/c1-5-17(12-16-13-18(25-3)14(2)11-19(16)26-4)22-21(27)23-20(24)15-9-7-6-8-10-15/h6-11,13,17H,5,12H2,1-4H3,(H2,22,23,24,27)/t17-/m1/s1. The minimum Gasteiger partial charge on any atom is -0.496 e. The van der Waals surface area contributed by atoms with Crippen LogP contribution < -0.4 is 20.1 Å². The summed E-state index contributed by atoms with van der Waals surface area (Å²) in [7, 11) is 3.31. The van der Waals surface area contributed by atoms with E-state index in [1.807, 2.05) is 37.3 Å². The second-order valence-corrected chi connectivity index (χ2v) is 6.64. The van der Waals surface area contributed by atoms with Crippen LogP contribution in [0, 0.1) is 6.92 Å². The number of thiocarbonyl (C=S) groups is 1. The number of methoxy groups -OCH3 is 2. The van der Waals surface area contributed by atoms with Gasteiger partial charge in [-0.15, -0.1) is 0 Å². The molecule has 0 aromatic heterocycles. The molecule has 0 aliphatic rings. The molecule has 5 nitrogen and oxygen atoms in total. The van der Waals surface area contributed by atoms with Gasteiger partial charge in [-0.2, -0.15) is 0 Å². The van der Waals surface area contributed by atoms with Gasteiger partial charge in [-0.1, -0.05) is 25.1 Å². The Labute approximate surface area is 166 Å². The molecule has 27 heavy (non-hydrogen) atoms. The van der Waals surface area contributed by atoms with Crippen molar-refractivity contribution in [3.8, 4) is 11.5 Å². The molecule has 0 fully saturated rings. The molecule has 0 unspecified atom stereocenters. The summed E-state index contributed by atoms with van der Waals surface area (Å²) >= 11 is 5.32. The third kappa shape index (κ3) is 5.69. The SMILES string of the molecule is CC[C@H](Cc1cc(OC)c(C)cc1OC)NC(=S)NC(=O)c1ccccc1. The minimum atomic E-state index is -0.225. The van der Waals surface area contributed by atoms with Gasteiger partial charge in [-0.3, -0.25) is 10.1 Å². The summed E-state index contributed by atoms with van der Waals surface area (Å²) < 4.78 is 10.9. The molecule has 6 heteroatoms. The Balaban J connectivity index is 2.05. The molecule has 0 aliphatic heterocycles. The first-order chi connectivity index (χ1) is 13.0. The lowest BCUT2D eigenvalue weighted by atomic mass is 10.0. The van der Waals surface area contributed by atoms with Crippen LogP contribution in [0.2, 0.25) is 0 Å². The molecule has 0 aliphatic carbocycles. The molecule has 2 rings (SSSR count). The van der Waals surface area contributed by atoms with E-state index in [4.69, 9.17) is 21.7 Å². The quantitative estimate of drug-likeness (QED) is 0.712. The fourth-order valence-corrected chi connectivity index (χ4v) is 3.08. The zero-order valence-electron chi connectivity index (χ0n) is 16.2. The summed E-state index contributed by atoms with van der Waals surface area (Å²) in [5, 5.41) is 6.27. The summed E-state index contributed by atoms with van der Waals surface area (Å²) in [6, 6.07) is 13.0. The summed E-state index contributed by atoms with van der Waals surface area (Å²) in [5.74, 6) is 1.41. The number of nitrogens with one attached hydrogen (secondary N) is 2. The van der Waals surface area contributed by atoms with Crippen LogP contribution in [0.25, 0.3) is 0 Å². The number of carbonyl (C=O) groups excluding carboxylic acids is 1. The number of carbonyl (C=O) groups is 1. The molecule has 1 atom stereocenters. The first kappa shape index (κ1) is 20.7. The molecular weight excluding hydrogens is 360 g/mol. The molecule has 144 valence electrons. The normalized spacial score (nSPS) is 11.4. The summed E-state index contributed by atoms with van der Waals surface area (Å²) in [5.41, 5.74) is 2.61. The Kier molecular flexibility index (Phi) is 7.61. The van der Waals surface area contributed by atoms with Crippen molar-refractivity contribution in [3.63, 3.8) is 0 Å². The maximum absolute atomic E-state index is 12.2.